The largest absolute Gasteiger partial charge is 0.346 e. The van der Waals surface area contributed by atoms with Gasteiger partial charge >= 0.3 is 0 Å². The van der Waals surface area contributed by atoms with Gasteiger partial charge in [-0.15, -0.1) is 6.58 Å². The molecule has 0 saturated carbocycles. The van der Waals surface area contributed by atoms with Crippen molar-refractivity contribution in [3.8, 4) is 0 Å². The number of aliphatic imine (C=N–C) groups is 1. The fourth-order valence-corrected chi connectivity index (χ4v) is 1.98. The van der Waals surface area contributed by atoms with Crippen molar-refractivity contribution in [2.24, 2.45) is 4.99 Å². The van der Waals surface area contributed by atoms with Crippen LogP contribution in [-0.4, -0.2) is 13.3 Å². The van der Waals surface area contributed by atoms with Crippen LogP contribution in [0, 0.1) is 0 Å². The average molecular weight is 307 g/mol. The van der Waals surface area contributed by atoms with Gasteiger partial charge in [-0.05, 0) is 38.8 Å². The van der Waals surface area contributed by atoms with Crippen LogP contribution < -0.4 is 10.6 Å². The van der Waals surface area contributed by atoms with Gasteiger partial charge in [0.15, 0.2) is 5.83 Å². The second-order valence-electron chi connectivity index (χ2n) is 5.41. The summed E-state index contributed by atoms with van der Waals surface area (Å²) in [6, 6.07) is 0. The van der Waals surface area contributed by atoms with Crippen LogP contribution in [0.25, 0.3) is 0 Å². The minimum absolute atomic E-state index is 0.229. The summed E-state index contributed by atoms with van der Waals surface area (Å²) >= 11 is 0. The summed E-state index contributed by atoms with van der Waals surface area (Å²) < 4.78 is 13.7. The predicted octanol–water partition coefficient (Wildman–Crippen LogP) is 4.97. The van der Waals surface area contributed by atoms with Crippen LogP contribution in [0.3, 0.4) is 0 Å². The monoisotopic (exact) mass is 307 g/mol. The Bertz CT molecular complexity index is 422. The fraction of sp³-hybridized carbons (Fsp3) is 0.500. The lowest BCUT2D eigenvalue weighted by Crippen LogP contribution is -2.23. The van der Waals surface area contributed by atoms with E-state index in [1.165, 1.54) is 38.1 Å². The summed E-state index contributed by atoms with van der Waals surface area (Å²) in [5.74, 6) is -0.240. The van der Waals surface area contributed by atoms with Crippen LogP contribution in [0.2, 0.25) is 0 Å². The summed E-state index contributed by atoms with van der Waals surface area (Å²) in [6.07, 6.45) is 10.4. The van der Waals surface area contributed by atoms with Gasteiger partial charge in [0.25, 0.3) is 0 Å². The second-order valence-corrected chi connectivity index (χ2v) is 5.41. The molecule has 0 saturated heterocycles. The molecular weight excluding hydrogens is 277 g/mol. The van der Waals surface area contributed by atoms with E-state index < -0.39 is 5.83 Å². The van der Waals surface area contributed by atoms with Crippen LogP contribution >= 0.6 is 0 Å². The number of allylic oxidation sites excluding steroid dienone is 3. The van der Waals surface area contributed by atoms with E-state index in [2.05, 4.69) is 42.3 Å². The molecule has 0 atom stereocenters. The van der Waals surface area contributed by atoms with Crippen LogP contribution in [0.5, 0.6) is 0 Å². The van der Waals surface area contributed by atoms with Gasteiger partial charge in [0.05, 0.1) is 6.21 Å². The van der Waals surface area contributed by atoms with Crippen molar-refractivity contribution < 1.29 is 4.39 Å². The molecule has 124 valence electrons. The molecule has 0 heterocycles. The molecule has 22 heavy (non-hydrogen) atoms. The number of nitrogens with one attached hydrogen (secondary N) is 2. The van der Waals surface area contributed by atoms with Gasteiger partial charge in [0.2, 0.25) is 0 Å². The van der Waals surface area contributed by atoms with Crippen LogP contribution in [0.15, 0.2) is 53.8 Å². The van der Waals surface area contributed by atoms with Crippen LogP contribution in [0.4, 0.5) is 4.39 Å². The van der Waals surface area contributed by atoms with Gasteiger partial charge < -0.3 is 10.6 Å². The van der Waals surface area contributed by atoms with E-state index in [4.69, 9.17) is 0 Å². The minimum Gasteiger partial charge on any atom is -0.346 e. The molecule has 3 nitrogen and oxygen atoms in total. The van der Waals surface area contributed by atoms with E-state index in [0.717, 1.165) is 37.6 Å². The van der Waals surface area contributed by atoms with Crippen molar-refractivity contribution in [1.29, 1.82) is 0 Å². The van der Waals surface area contributed by atoms with Crippen LogP contribution in [0.1, 0.15) is 51.9 Å². The average Bonchev–Trinajstić information content (AvgIpc) is 2.45. The summed E-state index contributed by atoms with van der Waals surface area (Å²) in [5.41, 5.74) is 2.04. The van der Waals surface area contributed by atoms with Crippen molar-refractivity contribution in [2.75, 3.05) is 7.05 Å². The molecule has 0 aromatic rings. The maximum absolute atomic E-state index is 13.7. The van der Waals surface area contributed by atoms with E-state index >= 15 is 0 Å². The molecule has 0 spiro atoms. The number of rotatable bonds is 13. The zero-order chi connectivity index (χ0) is 16.8. The molecule has 0 amide bonds. The highest BCUT2D eigenvalue weighted by Crippen LogP contribution is 2.12. The van der Waals surface area contributed by atoms with Gasteiger partial charge in [-0.25, -0.2) is 4.39 Å². The van der Waals surface area contributed by atoms with Gasteiger partial charge in [0, 0.05) is 12.7 Å². The highest BCUT2D eigenvalue weighted by atomic mass is 19.1. The summed E-state index contributed by atoms with van der Waals surface area (Å²) in [7, 11) is 1.52. The van der Waals surface area contributed by atoms with E-state index in [-0.39, 0.29) is 5.82 Å². The SMILES string of the molecule is C=CN/C(NC(=C)CCCCCCCC(=C)C)=C(/F)C=NC. The molecule has 0 fully saturated rings. The third-order valence-corrected chi connectivity index (χ3v) is 3.11. The summed E-state index contributed by atoms with van der Waals surface area (Å²) in [5, 5.41) is 5.67. The molecule has 0 aliphatic carbocycles. The zero-order valence-electron chi connectivity index (χ0n) is 14.1. The van der Waals surface area contributed by atoms with Crippen LogP contribution in [-0.2, 0) is 0 Å². The summed E-state index contributed by atoms with van der Waals surface area (Å²) in [6.45, 7) is 13.4. The Morgan fingerprint density at radius 2 is 1.68 bits per heavy atom. The third kappa shape index (κ3) is 10.9. The molecule has 0 bridgehead atoms. The maximum atomic E-state index is 13.7. The molecule has 0 aliphatic rings. The predicted molar refractivity (Wildman–Crippen MR) is 95.3 cm³/mol. The molecule has 0 aromatic carbocycles. The molecular formula is C18H30FN3. The Balaban J connectivity index is 3.98. The van der Waals surface area contributed by atoms with Crippen molar-refractivity contribution in [3.63, 3.8) is 0 Å². The standard InChI is InChI=1S/C18H30FN3/c1-6-21-18(17(19)14-20-5)22-16(4)13-11-9-7-8-10-12-15(2)3/h6,14,21-22H,1-2,4,7-13H2,3,5H3/b18-17-,20-14?. The number of nitrogens with zero attached hydrogens (tertiary/aromatic N) is 1. The number of hydrogen-bond acceptors (Lipinski definition) is 3. The van der Waals surface area contributed by atoms with E-state index in [9.17, 15) is 4.39 Å². The van der Waals surface area contributed by atoms with Crippen molar-refractivity contribution >= 4 is 6.21 Å². The first-order chi connectivity index (χ1) is 10.5. The lowest BCUT2D eigenvalue weighted by molar-refractivity contribution is 0.597. The molecule has 0 aliphatic heterocycles. The van der Waals surface area contributed by atoms with Crippen molar-refractivity contribution in [3.05, 3.63) is 48.9 Å². The molecule has 0 unspecified atom stereocenters. The number of halogens is 1. The minimum atomic E-state index is -0.469. The topological polar surface area (TPSA) is 36.4 Å². The first kappa shape index (κ1) is 20.2. The highest BCUT2D eigenvalue weighted by molar-refractivity contribution is 5.76. The molecule has 0 radical (unpaired) electrons. The van der Waals surface area contributed by atoms with Gasteiger partial charge in [-0.1, -0.05) is 38.0 Å². The number of unbranched alkanes of at least 4 members (excludes halogenated alkanes) is 4. The summed E-state index contributed by atoms with van der Waals surface area (Å²) in [4.78, 5) is 3.65. The van der Waals surface area contributed by atoms with Gasteiger partial charge in [-0.2, -0.15) is 0 Å². The fourth-order valence-electron chi connectivity index (χ4n) is 1.98. The molecule has 0 aromatic heterocycles. The quantitative estimate of drug-likeness (QED) is 0.286. The lowest BCUT2D eigenvalue weighted by Gasteiger charge is -2.13. The Kier molecular flexibility index (Phi) is 11.8. The Labute approximate surface area is 134 Å². The smallest absolute Gasteiger partial charge is 0.181 e. The molecule has 4 heteroatoms. The Morgan fingerprint density at radius 1 is 1.09 bits per heavy atom. The second kappa shape index (κ2) is 12.9. The van der Waals surface area contributed by atoms with Gasteiger partial charge in [0.1, 0.15) is 5.82 Å². The highest BCUT2D eigenvalue weighted by Gasteiger charge is 2.04. The first-order valence-corrected chi connectivity index (χ1v) is 7.79. The maximum Gasteiger partial charge on any atom is 0.181 e. The third-order valence-electron chi connectivity index (χ3n) is 3.11. The first-order valence-electron chi connectivity index (χ1n) is 7.79. The Hall–Kier alpha value is -1.84. The Morgan fingerprint density at radius 3 is 2.23 bits per heavy atom. The number of hydrogen-bond donors (Lipinski definition) is 2. The molecule has 0 rings (SSSR count). The van der Waals surface area contributed by atoms with E-state index in [1.54, 1.807) is 0 Å². The molecule has 2 N–H and O–H groups in total. The van der Waals surface area contributed by atoms with Crippen molar-refractivity contribution in [2.45, 2.75) is 51.9 Å². The normalized spacial score (nSPS) is 12.0. The van der Waals surface area contributed by atoms with E-state index in [0.29, 0.717) is 0 Å². The zero-order valence-corrected chi connectivity index (χ0v) is 14.1. The van der Waals surface area contributed by atoms with E-state index in [1.807, 2.05) is 0 Å². The van der Waals surface area contributed by atoms with Crippen molar-refractivity contribution in [1.82, 2.24) is 10.6 Å². The lowest BCUT2D eigenvalue weighted by atomic mass is 10.1. The van der Waals surface area contributed by atoms with Gasteiger partial charge in [-0.3, -0.25) is 4.99 Å².